The molecule has 2 amide bonds. The molecule has 2 aliphatic heterocycles. The van der Waals surface area contributed by atoms with E-state index in [1.54, 1.807) is 0 Å². The average Bonchev–Trinajstić information content (AvgIpc) is 3.24. The number of carbonyl (C=O) groups excluding carboxylic acids is 1. The number of carbonyl (C=O) groups is 1. The summed E-state index contributed by atoms with van der Waals surface area (Å²) in [6.07, 6.45) is 1.70. The van der Waals surface area contributed by atoms with Crippen LogP contribution in [0.2, 0.25) is 0 Å². The number of piperidine rings is 1. The molecule has 3 N–H and O–H groups in total. The van der Waals surface area contributed by atoms with Gasteiger partial charge in [-0.15, -0.1) is 4.28 Å². The minimum atomic E-state index is -4.84. The van der Waals surface area contributed by atoms with Crippen LogP contribution in [0.5, 0.6) is 0 Å². The first kappa shape index (κ1) is 16.4. The van der Waals surface area contributed by atoms with Crippen molar-refractivity contribution in [3.63, 3.8) is 0 Å². The molecule has 3 fully saturated rings. The van der Waals surface area contributed by atoms with Crippen molar-refractivity contribution in [3.05, 3.63) is 0 Å². The molecule has 0 radical (unpaired) electrons. The summed E-state index contributed by atoms with van der Waals surface area (Å²) in [5.74, 6) is -0.322. The Hall–Kier alpha value is -1.44. The number of hydroxylamine groups is 2. The zero-order valence-electron chi connectivity index (χ0n) is 11.9. The van der Waals surface area contributed by atoms with Crippen molar-refractivity contribution in [2.24, 2.45) is 0 Å². The second-order valence-electron chi connectivity index (χ2n) is 5.77. The molecule has 11 nitrogen and oxygen atoms in total. The van der Waals surface area contributed by atoms with Crippen molar-refractivity contribution in [1.82, 2.24) is 14.7 Å². The minimum absolute atomic E-state index is 0.0898. The molecular formula is C10H16N4O7S2. The van der Waals surface area contributed by atoms with Gasteiger partial charge in [0.15, 0.2) is 0 Å². The summed E-state index contributed by atoms with van der Waals surface area (Å²) in [5, 5.41) is 8.00. The van der Waals surface area contributed by atoms with Crippen LogP contribution >= 0.6 is 0 Å². The summed E-state index contributed by atoms with van der Waals surface area (Å²) in [7, 11) is -8.44. The van der Waals surface area contributed by atoms with E-state index in [4.69, 9.17) is 9.96 Å². The van der Waals surface area contributed by atoms with Crippen LogP contribution in [0, 0.1) is 5.41 Å². The topological polar surface area (TPSA) is 157 Å². The first-order chi connectivity index (χ1) is 10.6. The number of nitrogens with zero attached hydrogens (tertiary/aromatic N) is 2. The fourth-order valence-corrected chi connectivity index (χ4v) is 4.57. The van der Waals surface area contributed by atoms with Crippen LogP contribution in [0.4, 0.5) is 4.79 Å². The molecule has 0 spiro atoms. The molecule has 3 rings (SSSR count). The first-order valence-electron chi connectivity index (χ1n) is 6.95. The lowest BCUT2D eigenvalue weighted by atomic mass is 10.0. The minimum Gasteiger partial charge on any atom is -0.310 e. The maximum Gasteiger partial charge on any atom is 0.418 e. The number of urea groups is 1. The predicted molar refractivity (Wildman–Crippen MR) is 76.2 cm³/mol. The Balaban J connectivity index is 1.72. The Kier molecular flexibility index (Phi) is 3.78. The molecule has 0 aromatic heterocycles. The first-order valence-corrected chi connectivity index (χ1v) is 9.86. The Bertz CT molecular complexity index is 745. The largest absolute Gasteiger partial charge is 0.418 e. The summed E-state index contributed by atoms with van der Waals surface area (Å²) < 4.78 is 60.5. The molecule has 2 saturated heterocycles. The molecular weight excluding hydrogens is 352 g/mol. The fraction of sp³-hybridized carbons (Fsp3) is 0.800. The lowest BCUT2D eigenvalue weighted by Gasteiger charge is -2.30. The maximum atomic E-state index is 12.2. The summed E-state index contributed by atoms with van der Waals surface area (Å²) in [6, 6.07) is -2.21. The summed E-state index contributed by atoms with van der Waals surface area (Å²) in [5.41, 5.74) is 0. The fourth-order valence-electron chi connectivity index (χ4n) is 2.81. The van der Waals surface area contributed by atoms with Gasteiger partial charge in [-0.05, 0) is 25.7 Å². The highest BCUT2D eigenvalue weighted by Crippen LogP contribution is 2.32. The van der Waals surface area contributed by atoms with Crippen molar-refractivity contribution in [3.8, 4) is 0 Å². The second kappa shape index (κ2) is 5.29. The molecule has 13 heteroatoms. The van der Waals surface area contributed by atoms with E-state index in [0.29, 0.717) is 24.3 Å². The normalized spacial score (nSPS) is 28.1. The standard InChI is InChI=1S/C10H16N4O7S2/c11-9(12-22(16,17)7-2-3-7)8-4-1-6-5-13(8)10(15)14(6)21-23(18,19)20/h6-8H,1-5H2,(H2,11,12)(H,18,19,20)/t6-,8+/m1/s1. The number of fused-ring (bicyclic) bond motifs is 2. The molecule has 0 aromatic carbocycles. The highest BCUT2D eigenvalue weighted by molar-refractivity contribution is 7.91. The van der Waals surface area contributed by atoms with Crippen LogP contribution in [-0.4, -0.2) is 67.1 Å². The van der Waals surface area contributed by atoms with Gasteiger partial charge in [-0.25, -0.2) is 13.2 Å². The molecule has 3 aliphatic rings. The van der Waals surface area contributed by atoms with E-state index < -0.39 is 43.8 Å². The van der Waals surface area contributed by atoms with Gasteiger partial charge < -0.3 is 4.90 Å². The number of amides is 2. The lowest BCUT2D eigenvalue weighted by molar-refractivity contribution is -0.0316. The van der Waals surface area contributed by atoms with Crippen LogP contribution in [0.15, 0.2) is 0 Å². The molecule has 2 heterocycles. The highest BCUT2D eigenvalue weighted by atomic mass is 32.3. The summed E-state index contributed by atoms with van der Waals surface area (Å²) >= 11 is 0. The smallest absolute Gasteiger partial charge is 0.310 e. The monoisotopic (exact) mass is 368 g/mol. The van der Waals surface area contributed by atoms with Crippen molar-refractivity contribution in [2.45, 2.75) is 43.0 Å². The SMILES string of the molecule is N=C(NS(=O)(=O)C1CC1)[C@@H]1CC[C@@H]2CN1C(=O)N2OS(=O)(=O)O. The van der Waals surface area contributed by atoms with Gasteiger partial charge in [-0.2, -0.15) is 13.5 Å². The van der Waals surface area contributed by atoms with Crippen LogP contribution in [0.25, 0.3) is 0 Å². The van der Waals surface area contributed by atoms with E-state index in [9.17, 15) is 21.6 Å². The molecule has 130 valence electrons. The number of rotatable bonds is 5. The quantitative estimate of drug-likeness (QED) is 0.320. The number of hydrogen-bond donors (Lipinski definition) is 3. The van der Waals surface area contributed by atoms with E-state index in [1.165, 1.54) is 0 Å². The van der Waals surface area contributed by atoms with Gasteiger partial charge in [0, 0.05) is 6.54 Å². The molecule has 0 aromatic rings. The summed E-state index contributed by atoms with van der Waals surface area (Å²) in [4.78, 5) is 13.3. The van der Waals surface area contributed by atoms with Gasteiger partial charge in [0.2, 0.25) is 10.0 Å². The van der Waals surface area contributed by atoms with Gasteiger partial charge in [0.05, 0.1) is 17.3 Å². The van der Waals surface area contributed by atoms with Crippen molar-refractivity contribution < 1.29 is 30.5 Å². The molecule has 2 atom stereocenters. The van der Waals surface area contributed by atoms with Gasteiger partial charge in [0.1, 0.15) is 5.84 Å². The maximum absolute atomic E-state index is 12.2. The van der Waals surface area contributed by atoms with Crippen molar-refractivity contribution in [2.75, 3.05) is 6.54 Å². The third kappa shape index (κ3) is 3.27. The molecule has 0 unspecified atom stereocenters. The molecule has 2 bridgehead atoms. The van der Waals surface area contributed by atoms with Crippen LogP contribution < -0.4 is 4.72 Å². The Labute approximate surface area is 133 Å². The van der Waals surface area contributed by atoms with Gasteiger partial charge in [0.25, 0.3) is 0 Å². The predicted octanol–water partition coefficient (Wildman–Crippen LogP) is -0.952. The van der Waals surface area contributed by atoms with E-state index in [1.807, 2.05) is 0 Å². The van der Waals surface area contributed by atoms with E-state index in [2.05, 4.69) is 9.01 Å². The van der Waals surface area contributed by atoms with Crippen LogP contribution in [0.3, 0.4) is 0 Å². The molecule has 1 aliphatic carbocycles. The number of sulfonamides is 1. The zero-order chi connectivity index (χ0) is 17.0. The zero-order valence-corrected chi connectivity index (χ0v) is 13.5. The highest BCUT2D eigenvalue weighted by Gasteiger charge is 2.49. The Morgan fingerprint density at radius 2 is 1.87 bits per heavy atom. The van der Waals surface area contributed by atoms with Gasteiger partial charge in [-0.1, -0.05) is 0 Å². The van der Waals surface area contributed by atoms with E-state index >= 15 is 0 Å². The third-order valence-corrected chi connectivity index (χ3v) is 6.25. The summed E-state index contributed by atoms with van der Waals surface area (Å²) in [6.45, 7) is 0.0898. The molecule has 23 heavy (non-hydrogen) atoms. The molecule has 1 saturated carbocycles. The van der Waals surface area contributed by atoms with E-state index in [0.717, 1.165) is 4.90 Å². The number of nitrogens with one attached hydrogen (secondary N) is 2. The number of amidine groups is 1. The van der Waals surface area contributed by atoms with Crippen molar-refractivity contribution >= 4 is 32.3 Å². The Morgan fingerprint density at radius 1 is 1.22 bits per heavy atom. The van der Waals surface area contributed by atoms with Crippen LogP contribution in [-0.2, 0) is 24.7 Å². The number of hydrogen-bond acceptors (Lipinski definition) is 7. The Morgan fingerprint density at radius 3 is 2.43 bits per heavy atom. The lowest BCUT2D eigenvalue weighted by Crippen LogP contribution is -2.51. The second-order valence-corrected chi connectivity index (χ2v) is 8.74. The van der Waals surface area contributed by atoms with Gasteiger partial charge in [-0.3, -0.25) is 14.7 Å². The van der Waals surface area contributed by atoms with Gasteiger partial charge >= 0.3 is 16.4 Å². The van der Waals surface area contributed by atoms with Crippen molar-refractivity contribution in [1.29, 1.82) is 5.41 Å². The average molecular weight is 368 g/mol. The van der Waals surface area contributed by atoms with E-state index in [-0.39, 0.29) is 18.8 Å². The third-order valence-electron chi connectivity index (χ3n) is 4.05. The van der Waals surface area contributed by atoms with Crippen LogP contribution in [0.1, 0.15) is 25.7 Å².